The van der Waals surface area contributed by atoms with Gasteiger partial charge in [0.15, 0.2) is 0 Å². The van der Waals surface area contributed by atoms with Crippen LogP contribution in [0.1, 0.15) is 35.2 Å². The molecule has 1 aromatic carbocycles. The van der Waals surface area contributed by atoms with Crippen LogP contribution in [0.5, 0.6) is 0 Å². The highest BCUT2D eigenvalue weighted by Gasteiger charge is 2.17. The van der Waals surface area contributed by atoms with Crippen molar-refractivity contribution in [1.29, 1.82) is 0 Å². The monoisotopic (exact) mass is 410 g/mol. The fourth-order valence-corrected chi connectivity index (χ4v) is 2.84. The lowest BCUT2D eigenvalue weighted by Crippen LogP contribution is -2.31. The second-order valence-electron chi connectivity index (χ2n) is 6.16. The topological polar surface area (TPSA) is 83.1 Å². The average molecular weight is 411 g/mol. The predicted octanol–water partition coefficient (Wildman–Crippen LogP) is 2.94. The molecule has 0 aliphatic carbocycles. The van der Waals surface area contributed by atoms with Crippen LogP contribution in [-0.4, -0.2) is 29.4 Å². The van der Waals surface area contributed by atoms with Gasteiger partial charge in [0, 0.05) is 42.7 Å². The van der Waals surface area contributed by atoms with Crippen LogP contribution in [0.25, 0.3) is 0 Å². The highest BCUT2D eigenvalue weighted by atomic mass is 35.5. The normalized spacial score (nSPS) is 15.2. The molecule has 0 bridgehead atoms. The lowest BCUT2D eigenvalue weighted by molar-refractivity contribution is -0.121. The first kappa shape index (κ1) is 22.9. The Morgan fingerprint density at radius 3 is 2.41 bits per heavy atom. The second kappa shape index (κ2) is 11.5. The van der Waals surface area contributed by atoms with E-state index in [1.54, 1.807) is 36.7 Å². The summed E-state index contributed by atoms with van der Waals surface area (Å²) < 4.78 is 0. The molecule has 2 aromatic rings. The molecule has 1 atom stereocenters. The molecule has 3 N–H and O–H groups in total. The molecule has 8 heteroatoms. The maximum absolute atomic E-state index is 12.2. The third-order valence-electron chi connectivity index (χ3n) is 4.24. The van der Waals surface area contributed by atoms with E-state index in [0.717, 1.165) is 24.9 Å². The van der Waals surface area contributed by atoms with Gasteiger partial charge in [-0.25, -0.2) is 0 Å². The molecule has 0 radical (unpaired) electrons. The Morgan fingerprint density at radius 1 is 1.07 bits per heavy atom. The SMILES string of the molecule is Cl.Cl.O=C(CC1CCCN1)NCc1ccc(C(=O)Nc2ccncc2)cc1. The highest BCUT2D eigenvalue weighted by molar-refractivity contribution is 6.04. The van der Waals surface area contributed by atoms with E-state index in [9.17, 15) is 9.59 Å². The van der Waals surface area contributed by atoms with Crippen molar-refractivity contribution in [1.82, 2.24) is 15.6 Å². The summed E-state index contributed by atoms with van der Waals surface area (Å²) in [7, 11) is 0. The maximum Gasteiger partial charge on any atom is 0.255 e. The van der Waals surface area contributed by atoms with E-state index in [1.807, 2.05) is 12.1 Å². The number of nitrogens with zero attached hydrogens (tertiary/aromatic N) is 1. The first-order valence-electron chi connectivity index (χ1n) is 8.51. The Bertz CT molecular complexity index is 720. The third kappa shape index (κ3) is 7.17. The van der Waals surface area contributed by atoms with Crippen LogP contribution in [0.3, 0.4) is 0 Å². The van der Waals surface area contributed by atoms with Crippen LogP contribution in [0.4, 0.5) is 5.69 Å². The molecule has 1 unspecified atom stereocenters. The van der Waals surface area contributed by atoms with Gasteiger partial charge in [0.05, 0.1) is 0 Å². The van der Waals surface area contributed by atoms with Crippen molar-refractivity contribution in [3.63, 3.8) is 0 Å². The number of hydrogen-bond donors (Lipinski definition) is 3. The zero-order valence-corrected chi connectivity index (χ0v) is 16.4. The molecule has 2 amide bonds. The van der Waals surface area contributed by atoms with Crippen LogP contribution in [0, 0.1) is 0 Å². The number of carbonyl (C=O) groups excluding carboxylic acids is 2. The van der Waals surface area contributed by atoms with Crippen LogP contribution in [-0.2, 0) is 11.3 Å². The number of aromatic nitrogens is 1. The molecule has 146 valence electrons. The van der Waals surface area contributed by atoms with Crippen molar-refractivity contribution in [3.8, 4) is 0 Å². The smallest absolute Gasteiger partial charge is 0.255 e. The third-order valence-corrected chi connectivity index (χ3v) is 4.24. The summed E-state index contributed by atoms with van der Waals surface area (Å²) in [6.45, 7) is 1.47. The van der Waals surface area contributed by atoms with Crippen molar-refractivity contribution in [2.24, 2.45) is 0 Å². The first-order valence-corrected chi connectivity index (χ1v) is 8.51. The summed E-state index contributed by atoms with van der Waals surface area (Å²) in [5.41, 5.74) is 2.24. The molecule has 3 rings (SSSR count). The fourth-order valence-electron chi connectivity index (χ4n) is 2.84. The summed E-state index contributed by atoms with van der Waals surface area (Å²) in [6.07, 6.45) is 5.98. The van der Waals surface area contributed by atoms with E-state index < -0.39 is 0 Å². The van der Waals surface area contributed by atoms with Gasteiger partial charge in [-0.2, -0.15) is 0 Å². The van der Waals surface area contributed by atoms with Gasteiger partial charge in [0.2, 0.25) is 5.91 Å². The number of carbonyl (C=O) groups is 2. The van der Waals surface area contributed by atoms with E-state index in [1.165, 1.54) is 0 Å². The zero-order valence-electron chi connectivity index (χ0n) is 14.8. The van der Waals surface area contributed by atoms with Gasteiger partial charge in [0.25, 0.3) is 5.91 Å². The molecule has 1 aliphatic heterocycles. The molecule has 1 aliphatic rings. The fraction of sp³-hybridized carbons (Fsp3) is 0.316. The minimum atomic E-state index is -0.172. The first-order chi connectivity index (χ1) is 12.2. The number of rotatable bonds is 6. The van der Waals surface area contributed by atoms with Gasteiger partial charge < -0.3 is 16.0 Å². The number of nitrogens with one attached hydrogen (secondary N) is 3. The van der Waals surface area contributed by atoms with Crippen LogP contribution < -0.4 is 16.0 Å². The number of anilines is 1. The summed E-state index contributed by atoms with van der Waals surface area (Å²) in [4.78, 5) is 28.0. The number of benzene rings is 1. The van der Waals surface area contributed by atoms with E-state index in [-0.39, 0.29) is 36.6 Å². The predicted molar refractivity (Wildman–Crippen MR) is 111 cm³/mol. The van der Waals surface area contributed by atoms with Crippen molar-refractivity contribution in [2.45, 2.75) is 31.8 Å². The van der Waals surface area contributed by atoms with Gasteiger partial charge >= 0.3 is 0 Å². The summed E-state index contributed by atoms with van der Waals surface area (Å²) in [5, 5.41) is 9.06. The summed E-state index contributed by atoms with van der Waals surface area (Å²) in [6, 6.07) is 11.0. The van der Waals surface area contributed by atoms with E-state index in [0.29, 0.717) is 30.3 Å². The molecule has 1 fully saturated rings. The molecule has 1 aromatic heterocycles. The molecule has 0 saturated carbocycles. The molecule has 2 heterocycles. The van der Waals surface area contributed by atoms with Crippen molar-refractivity contribution < 1.29 is 9.59 Å². The standard InChI is InChI=1S/C19H22N4O2.2ClH/c24-18(12-17-2-1-9-21-17)22-13-14-3-5-15(6-4-14)19(25)23-16-7-10-20-11-8-16;;/h3-8,10-11,17,21H,1-2,9,12-13H2,(H,22,24)(H,20,23,25);2*1H. The van der Waals surface area contributed by atoms with E-state index >= 15 is 0 Å². The van der Waals surface area contributed by atoms with Gasteiger partial charge in [-0.15, -0.1) is 24.8 Å². The van der Waals surface area contributed by atoms with Gasteiger partial charge in [-0.1, -0.05) is 12.1 Å². The minimum Gasteiger partial charge on any atom is -0.352 e. The highest BCUT2D eigenvalue weighted by Crippen LogP contribution is 2.10. The van der Waals surface area contributed by atoms with Crippen molar-refractivity contribution >= 4 is 42.3 Å². The number of hydrogen-bond acceptors (Lipinski definition) is 4. The molecule has 1 saturated heterocycles. The minimum absolute atomic E-state index is 0. The van der Waals surface area contributed by atoms with Crippen molar-refractivity contribution in [2.75, 3.05) is 11.9 Å². The Morgan fingerprint density at radius 2 is 1.78 bits per heavy atom. The van der Waals surface area contributed by atoms with E-state index in [2.05, 4.69) is 20.9 Å². The Kier molecular flexibility index (Phi) is 9.78. The molecule has 27 heavy (non-hydrogen) atoms. The summed E-state index contributed by atoms with van der Waals surface area (Å²) >= 11 is 0. The van der Waals surface area contributed by atoms with Crippen LogP contribution >= 0.6 is 24.8 Å². The Labute approximate surface area is 171 Å². The quantitative estimate of drug-likeness (QED) is 0.683. The number of halogens is 2. The van der Waals surface area contributed by atoms with Crippen molar-refractivity contribution in [3.05, 3.63) is 59.9 Å². The zero-order chi connectivity index (χ0) is 17.5. The van der Waals surface area contributed by atoms with Gasteiger partial charge in [0.1, 0.15) is 0 Å². The Balaban J connectivity index is 0.00000182. The largest absolute Gasteiger partial charge is 0.352 e. The number of pyridine rings is 1. The van der Waals surface area contributed by atoms with Gasteiger partial charge in [-0.05, 0) is 49.2 Å². The molecular weight excluding hydrogens is 387 g/mol. The summed E-state index contributed by atoms with van der Waals surface area (Å²) in [5.74, 6) is -0.118. The van der Waals surface area contributed by atoms with E-state index in [4.69, 9.17) is 0 Å². The lowest BCUT2D eigenvalue weighted by Gasteiger charge is -2.11. The molecule has 0 spiro atoms. The lowest BCUT2D eigenvalue weighted by atomic mass is 10.1. The van der Waals surface area contributed by atoms with Crippen LogP contribution in [0.15, 0.2) is 48.8 Å². The maximum atomic E-state index is 12.2. The molecular formula is C19H24Cl2N4O2. The second-order valence-corrected chi connectivity index (χ2v) is 6.16. The average Bonchev–Trinajstić information content (AvgIpc) is 3.14. The number of amides is 2. The molecule has 6 nitrogen and oxygen atoms in total. The van der Waals surface area contributed by atoms with Gasteiger partial charge in [-0.3, -0.25) is 14.6 Å². The van der Waals surface area contributed by atoms with Crippen LogP contribution in [0.2, 0.25) is 0 Å². The Hall–Kier alpha value is -2.15.